The first-order valence-electron chi connectivity index (χ1n) is 26.8. The number of anilines is 1. The molecule has 0 aliphatic carbocycles. The number of aryl methyl sites for hydroxylation is 1. The highest BCUT2D eigenvalue weighted by Gasteiger charge is 2.55. The zero-order valence-electron chi connectivity index (χ0n) is 44.8. The number of benzene rings is 7. The Morgan fingerprint density at radius 3 is 1.64 bits per heavy atom. The Kier molecular flexibility index (Phi) is 15.9. The summed E-state index contributed by atoms with van der Waals surface area (Å²) in [6, 6.07) is 68.0. The van der Waals surface area contributed by atoms with Crippen molar-refractivity contribution in [2.75, 3.05) is 16.8 Å². The number of esters is 2. The number of hydrogen-bond donors (Lipinski definition) is 3. The van der Waals surface area contributed by atoms with Gasteiger partial charge in [0.15, 0.2) is 23.1 Å². The normalized spacial score (nSPS) is 15.2. The van der Waals surface area contributed by atoms with Gasteiger partial charge in [0, 0.05) is 22.6 Å². The van der Waals surface area contributed by atoms with E-state index in [1.165, 1.54) is 44.3 Å². The number of nitrogens with one attached hydrogen (secondary N) is 2. The molecule has 16 nitrogen and oxygen atoms in total. The maximum Gasteiger partial charge on any atom is 0.379 e. The smallest absolute Gasteiger partial charge is 0.379 e. The van der Waals surface area contributed by atoms with E-state index < -0.39 is 58.6 Å². The summed E-state index contributed by atoms with van der Waals surface area (Å²) < 4.78 is 14.0. The molecule has 0 unspecified atom stereocenters. The highest BCUT2D eigenvalue weighted by Crippen LogP contribution is 2.44. The number of oxime groups is 1. The molecule has 0 bridgehead atoms. The number of rotatable bonds is 19. The van der Waals surface area contributed by atoms with Crippen molar-refractivity contribution in [1.29, 1.82) is 0 Å². The molecule has 10 aromatic rings. The van der Waals surface area contributed by atoms with Gasteiger partial charge in [0.2, 0.25) is 0 Å². The van der Waals surface area contributed by atoms with Gasteiger partial charge in [-0.1, -0.05) is 217 Å². The zero-order valence-corrected chi connectivity index (χ0v) is 47.3. The van der Waals surface area contributed by atoms with Gasteiger partial charge >= 0.3 is 11.9 Å². The number of amides is 2. The minimum atomic E-state index is -1.13. The Bertz CT molecular complexity index is 3890. The molecule has 3 N–H and O–H groups in total. The third kappa shape index (κ3) is 11.1. The minimum Gasteiger partial charge on any atom is -0.448 e. The third-order valence-corrected chi connectivity index (χ3v) is 17.5. The molecule has 0 radical (unpaired) electrons. The molecule has 2 aliphatic heterocycles. The lowest BCUT2D eigenvalue weighted by molar-refractivity contribution is -0.154. The number of carbonyl (C=O) groups excluding carboxylic acids is 4. The molecule has 416 valence electrons. The number of nitrogens with zero attached hydrogens (tertiary/aromatic N) is 7. The van der Waals surface area contributed by atoms with Crippen LogP contribution in [0.4, 0.5) is 5.13 Å². The van der Waals surface area contributed by atoms with Crippen LogP contribution in [0.1, 0.15) is 73.2 Å². The minimum absolute atomic E-state index is 0.0290. The van der Waals surface area contributed by atoms with Crippen molar-refractivity contribution in [2.45, 2.75) is 41.1 Å². The standard InChI is InChI=1S/C65H51N9O7S3/c1-41-37-51(74-63(66-41)69-57(71-74)62(78)81-56(44-27-13-4-14-28-44)45-29-15-5-16-30-45)82-38-46-39-83-60-53(59(76)73(60)54(46)61(77)80-55(42-23-9-2-10-24-42)43-25-11-3-12-26-43)68-58(75)52(72-79)50-40-84-64(67-50)70-65(47-31-17-6-18-32-47,48-33-19-7-20-34-48)49-35-21-8-22-36-49/h2-37,40,53,55-56,60,79H,38-39H2,1H3,(H,67,70)(H,68,75)/t53-,60-/m1/s1. The van der Waals surface area contributed by atoms with Crippen LogP contribution in [0.15, 0.2) is 245 Å². The van der Waals surface area contributed by atoms with Crippen LogP contribution in [-0.2, 0) is 29.4 Å². The topological polar surface area (TPSA) is 203 Å². The van der Waals surface area contributed by atoms with Crippen LogP contribution >= 0.6 is 34.9 Å². The molecule has 7 aromatic carbocycles. The quantitative estimate of drug-likeness (QED) is 0.0101. The first-order chi connectivity index (χ1) is 41.2. The Hall–Kier alpha value is -9.69. The van der Waals surface area contributed by atoms with Crippen molar-refractivity contribution in [3.8, 4) is 0 Å². The maximum absolute atomic E-state index is 15.1. The summed E-state index contributed by atoms with van der Waals surface area (Å²) in [4.78, 5) is 73.3. The monoisotopic (exact) mass is 1170 g/mol. The average Bonchev–Trinajstić information content (AvgIpc) is 3.03. The van der Waals surface area contributed by atoms with Crippen molar-refractivity contribution >= 4 is 75.2 Å². The second kappa shape index (κ2) is 24.4. The summed E-state index contributed by atoms with van der Waals surface area (Å²) >= 11 is 3.89. The maximum atomic E-state index is 15.1. The van der Waals surface area contributed by atoms with Gasteiger partial charge in [-0.2, -0.15) is 9.50 Å². The molecular formula is C65H51N9O7S3. The highest BCUT2D eigenvalue weighted by molar-refractivity contribution is 8.01. The molecule has 19 heteroatoms. The first kappa shape index (κ1) is 54.9. The van der Waals surface area contributed by atoms with Crippen molar-refractivity contribution in [1.82, 2.24) is 34.8 Å². The summed E-state index contributed by atoms with van der Waals surface area (Å²) in [5, 5.41) is 26.8. The number of ether oxygens (including phenoxy) is 2. The molecule has 5 heterocycles. The van der Waals surface area contributed by atoms with E-state index in [4.69, 9.17) is 14.5 Å². The van der Waals surface area contributed by atoms with Crippen LogP contribution in [0.25, 0.3) is 5.78 Å². The highest BCUT2D eigenvalue weighted by atomic mass is 32.2. The van der Waals surface area contributed by atoms with E-state index in [1.807, 2.05) is 212 Å². The number of hydrogen-bond acceptors (Lipinski definition) is 16. The molecule has 2 aliphatic rings. The lowest BCUT2D eigenvalue weighted by Crippen LogP contribution is -2.71. The average molecular weight is 1170 g/mol. The van der Waals surface area contributed by atoms with Crippen LogP contribution in [0.2, 0.25) is 0 Å². The number of fused-ring (bicyclic) bond motifs is 2. The fourth-order valence-corrected chi connectivity index (χ4v) is 13.7. The summed E-state index contributed by atoms with van der Waals surface area (Å²) in [6.45, 7) is 1.80. The van der Waals surface area contributed by atoms with E-state index in [0.29, 0.717) is 32.6 Å². The second-order valence-corrected chi connectivity index (χ2v) is 22.6. The van der Waals surface area contributed by atoms with Crippen LogP contribution in [0, 0.1) is 6.92 Å². The molecule has 1 fully saturated rings. The predicted molar refractivity (Wildman–Crippen MR) is 323 cm³/mol. The molecular weight excluding hydrogens is 1110 g/mol. The summed E-state index contributed by atoms with van der Waals surface area (Å²) in [5.41, 5.74) is 5.70. The van der Waals surface area contributed by atoms with Crippen molar-refractivity contribution in [2.24, 2.45) is 5.16 Å². The van der Waals surface area contributed by atoms with E-state index >= 15 is 4.79 Å². The molecule has 1 saturated heterocycles. The van der Waals surface area contributed by atoms with E-state index in [1.54, 1.807) is 18.4 Å². The summed E-state index contributed by atoms with van der Waals surface area (Å²) in [6.07, 6.45) is -1.58. The van der Waals surface area contributed by atoms with Gasteiger partial charge in [0.05, 0.1) is 0 Å². The lowest BCUT2D eigenvalue weighted by atomic mass is 9.77. The predicted octanol–water partition coefficient (Wildman–Crippen LogP) is 11.2. The largest absolute Gasteiger partial charge is 0.448 e. The number of carbonyl (C=O) groups is 4. The molecule has 0 saturated carbocycles. The van der Waals surface area contributed by atoms with Crippen molar-refractivity contribution < 1.29 is 33.9 Å². The number of aromatic nitrogens is 5. The summed E-state index contributed by atoms with van der Waals surface area (Å²) in [7, 11) is 0. The van der Waals surface area contributed by atoms with Gasteiger partial charge in [0.25, 0.3) is 23.4 Å². The number of thiazole rings is 1. The number of thioether (sulfide) groups is 2. The van der Waals surface area contributed by atoms with Crippen molar-refractivity contribution in [3.05, 3.63) is 291 Å². The zero-order chi connectivity index (χ0) is 57.6. The van der Waals surface area contributed by atoms with Gasteiger partial charge in [-0.25, -0.2) is 19.6 Å². The fraction of sp³-hybridized carbons (Fsp3) is 0.123. The Labute approximate surface area is 495 Å². The van der Waals surface area contributed by atoms with E-state index in [9.17, 15) is 19.6 Å². The van der Waals surface area contributed by atoms with E-state index in [0.717, 1.165) is 27.8 Å². The first-order valence-corrected chi connectivity index (χ1v) is 29.7. The van der Waals surface area contributed by atoms with Gasteiger partial charge in [-0.3, -0.25) is 14.5 Å². The van der Waals surface area contributed by atoms with Crippen LogP contribution in [0.5, 0.6) is 0 Å². The SMILES string of the molecule is Cc1cc(SCC2=C(C(=O)OC(c3ccccc3)c3ccccc3)N3C(=O)[C@@H](NC(=O)C(=NO)c4csc(NC(c5ccccc5)(c5ccccc5)c5ccccc5)n4)[C@H]3SC2)n2nc(C(=O)OC(c3ccccc3)c3ccccc3)nc2n1. The lowest BCUT2D eigenvalue weighted by Gasteiger charge is -2.49. The molecule has 84 heavy (non-hydrogen) atoms. The van der Waals surface area contributed by atoms with E-state index in [2.05, 4.69) is 30.9 Å². The Morgan fingerprint density at radius 2 is 1.15 bits per heavy atom. The van der Waals surface area contributed by atoms with Crippen molar-refractivity contribution in [3.63, 3.8) is 0 Å². The van der Waals surface area contributed by atoms with E-state index in [-0.39, 0.29) is 34.5 Å². The number of β-lactam (4-membered cyclic amide) rings is 1. The molecule has 2 atom stereocenters. The molecule has 3 aromatic heterocycles. The Balaban J connectivity index is 0.820. The van der Waals surface area contributed by atoms with Gasteiger partial charge < -0.3 is 25.3 Å². The third-order valence-electron chi connectivity index (χ3n) is 14.3. The van der Waals surface area contributed by atoms with Gasteiger partial charge in [0.1, 0.15) is 33.4 Å². The molecule has 2 amide bonds. The van der Waals surface area contributed by atoms with Crippen LogP contribution < -0.4 is 10.6 Å². The fourth-order valence-electron chi connectivity index (χ4n) is 10.4. The van der Waals surface area contributed by atoms with Gasteiger partial charge in [-0.15, -0.1) is 40.0 Å². The van der Waals surface area contributed by atoms with Crippen LogP contribution in [-0.4, -0.2) is 87.1 Å². The Morgan fingerprint density at radius 1 is 0.679 bits per heavy atom. The molecule has 0 spiro atoms. The summed E-state index contributed by atoms with van der Waals surface area (Å²) in [5.74, 6) is -2.56. The second-order valence-electron chi connectivity index (χ2n) is 19.7. The molecule has 12 rings (SSSR count). The van der Waals surface area contributed by atoms with Crippen LogP contribution in [0.3, 0.4) is 0 Å². The van der Waals surface area contributed by atoms with Gasteiger partial charge in [-0.05, 0) is 57.5 Å².